The van der Waals surface area contributed by atoms with Crippen molar-refractivity contribution in [2.45, 2.75) is 0 Å². The monoisotopic (exact) mass is 364 g/mol. The van der Waals surface area contributed by atoms with Gasteiger partial charge in [0.05, 0.1) is 21.5 Å². The number of thiazole rings is 1. The highest BCUT2D eigenvalue weighted by Gasteiger charge is 2.10. The van der Waals surface area contributed by atoms with Gasteiger partial charge in [0.2, 0.25) is 0 Å². The minimum atomic E-state index is -1.08. The molecule has 106 valence electrons. The van der Waals surface area contributed by atoms with Crippen molar-refractivity contribution in [2.24, 2.45) is 0 Å². The number of nitrogens with zero attached hydrogens (tertiary/aromatic N) is 1. The summed E-state index contributed by atoms with van der Waals surface area (Å²) in [6.07, 6.45) is 0. The van der Waals surface area contributed by atoms with E-state index < -0.39 is 5.97 Å². The van der Waals surface area contributed by atoms with Crippen LogP contribution in [0.2, 0.25) is 0 Å². The fraction of sp³-hybridized carbons (Fsp3) is 0. The Morgan fingerprint density at radius 1 is 1.24 bits per heavy atom. The molecule has 0 atom stereocenters. The van der Waals surface area contributed by atoms with Crippen LogP contribution in [-0.4, -0.2) is 21.2 Å². The Balaban J connectivity index is 1.93. The van der Waals surface area contributed by atoms with E-state index in [1.54, 1.807) is 0 Å². The number of phenols is 1. The Labute approximate surface area is 132 Å². The van der Waals surface area contributed by atoms with E-state index >= 15 is 0 Å². The molecule has 0 spiro atoms. The van der Waals surface area contributed by atoms with Gasteiger partial charge >= 0.3 is 5.97 Å². The molecule has 3 N–H and O–H groups in total. The summed E-state index contributed by atoms with van der Waals surface area (Å²) >= 11 is 4.85. The number of carboxylic acid groups (broad SMARTS) is 1. The van der Waals surface area contributed by atoms with Gasteiger partial charge in [0.1, 0.15) is 5.75 Å². The second-order valence-electron chi connectivity index (χ2n) is 4.29. The highest BCUT2D eigenvalue weighted by Crippen LogP contribution is 2.33. The molecule has 0 saturated carbocycles. The predicted octanol–water partition coefficient (Wildman–Crippen LogP) is 4.21. The van der Waals surface area contributed by atoms with Crippen LogP contribution >= 0.6 is 27.3 Å². The van der Waals surface area contributed by atoms with E-state index in [1.165, 1.54) is 29.5 Å². The first-order valence-electron chi connectivity index (χ1n) is 5.92. The molecule has 0 aliphatic heterocycles. The zero-order valence-electron chi connectivity index (χ0n) is 10.5. The number of aromatic nitrogens is 1. The first kappa shape index (κ1) is 13.8. The zero-order chi connectivity index (χ0) is 15.0. The molecule has 0 amide bonds. The number of aromatic carboxylic acids is 1. The van der Waals surface area contributed by atoms with Crippen molar-refractivity contribution in [2.75, 3.05) is 5.32 Å². The predicted molar refractivity (Wildman–Crippen MR) is 85.7 cm³/mol. The number of fused-ring (bicyclic) bond motifs is 1. The highest BCUT2D eigenvalue weighted by atomic mass is 79.9. The van der Waals surface area contributed by atoms with E-state index in [1.807, 2.05) is 18.2 Å². The lowest BCUT2D eigenvalue weighted by atomic mass is 10.2. The van der Waals surface area contributed by atoms with E-state index in [-0.39, 0.29) is 11.3 Å². The Morgan fingerprint density at radius 3 is 2.76 bits per heavy atom. The lowest BCUT2D eigenvalue weighted by Crippen LogP contribution is -1.97. The summed E-state index contributed by atoms with van der Waals surface area (Å²) in [7, 11) is 0. The van der Waals surface area contributed by atoms with Gasteiger partial charge in [-0.1, -0.05) is 27.3 Å². The van der Waals surface area contributed by atoms with Gasteiger partial charge < -0.3 is 15.5 Å². The Hall–Kier alpha value is -2.12. The van der Waals surface area contributed by atoms with Crippen LogP contribution in [0.4, 0.5) is 10.8 Å². The minimum Gasteiger partial charge on any atom is -0.506 e. The van der Waals surface area contributed by atoms with Gasteiger partial charge in [-0.15, -0.1) is 0 Å². The number of benzene rings is 2. The summed E-state index contributed by atoms with van der Waals surface area (Å²) in [4.78, 5) is 15.2. The second-order valence-corrected chi connectivity index (χ2v) is 6.24. The molecular formula is C14H9BrN2O3S. The standard InChI is InChI=1S/C14H9BrN2O3S/c15-8-2-4-10-12(6-8)21-14(17-10)16-9-3-1-7(13(19)20)5-11(9)18/h1-6,18H,(H,16,17)(H,19,20). The number of hydrogen-bond acceptors (Lipinski definition) is 5. The number of carbonyl (C=O) groups is 1. The fourth-order valence-corrected chi connectivity index (χ4v) is 3.27. The maximum Gasteiger partial charge on any atom is 0.335 e. The first-order valence-corrected chi connectivity index (χ1v) is 7.53. The van der Waals surface area contributed by atoms with Gasteiger partial charge in [-0.05, 0) is 36.4 Å². The third-order valence-electron chi connectivity index (χ3n) is 2.84. The van der Waals surface area contributed by atoms with Crippen molar-refractivity contribution < 1.29 is 15.0 Å². The molecule has 21 heavy (non-hydrogen) atoms. The van der Waals surface area contributed by atoms with E-state index in [0.29, 0.717) is 10.8 Å². The number of halogens is 1. The number of nitrogens with one attached hydrogen (secondary N) is 1. The summed E-state index contributed by atoms with van der Waals surface area (Å²) in [5, 5.41) is 22.4. The molecule has 0 bridgehead atoms. The number of hydrogen-bond donors (Lipinski definition) is 3. The number of rotatable bonds is 3. The van der Waals surface area contributed by atoms with Crippen LogP contribution in [0, 0.1) is 0 Å². The van der Waals surface area contributed by atoms with Gasteiger partial charge in [-0.3, -0.25) is 0 Å². The molecule has 0 fully saturated rings. The van der Waals surface area contributed by atoms with Crippen LogP contribution in [-0.2, 0) is 0 Å². The summed E-state index contributed by atoms with van der Waals surface area (Å²) in [5.41, 5.74) is 1.30. The van der Waals surface area contributed by atoms with Crippen LogP contribution in [0.1, 0.15) is 10.4 Å². The van der Waals surface area contributed by atoms with Crippen LogP contribution in [0.5, 0.6) is 5.75 Å². The molecular weight excluding hydrogens is 356 g/mol. The number of carboxylic acids is 1. The van der Waals surface area contributed by atoms with Crippen LogP contribution < -0.4 is 5.32 Å². The highest BCUT2D eigenvalue weighted by molar-refractivity contribution is 9.10. The molecule has 5 nitrogen and oxygen atoms in total. The third kappa shape index (κ3) is 2.84. The van der Waals surface area contributed by atoms with Crippen molar-refractivity contribution in [3.8, 4) is 5.75 Å². The minimum absolute atomic E-state index is 0.0336. The number of aromatic hydroxyl groups is 1. The Morgan fingerprint density at radius 2 is 2.05 bits per heavy atom. The summed E-state index contributed by atoms with van der Waals surface area (Å²) in [6.45, 7) is 0. The van der Waals surface area contributed by atoms with Crippen molar-refractivity contribution >= 4 is 54.3 Å². The average molecular weight is 365 g/mol. The van der Waals surface area contributed by atoms with Crippen molar-refractivity contribution in [3.05, 3.63) is 46.4 Å². The first-order chi connectivity index (χ1) is 10.0. The van der Waals surface area contributed by atoms with Crippen molar-refractivity contribution in [1.82, 2.24) is 4.98 Å². The second kappa shape index (κ2) is 5.34. The third-order valence-corrected chi connectivity index (χ3v) is 4.26. The quantitative estimate of drug-likeness (QED) is 0.606. The molecule has 0 aliphatic rings. The molecule has 7 heteroatoms. The summed E-state index contributed by atoms with van der Waals surface area (Å²) in [6, 6.07) is 9.91. The van der Waals surface area contributed by atoms with Crippen LogP contribution in [0.3, 0.4) is 0 Å². The van der Waals surface area contributed by atoms with E-state index in [9.17, 15) is 9.90 Å². The Kier molecular flexibility index (Phi) is 3.52. The molecule has 2 aromatic carbocycles. The smallest absolute Gasteiger partial charge is 0.335 e. The molecule has 3 rings (SSSR count). The molecule has 0 aliphatic carbocycles. The maximum absolute atomic E-state index is 10.8. The molecule has 0 radical (unpaired) electrons. The van der Waals surface area contributed by atoms with Crippen molar-refractivity contribution in [3.63, 3.8) is 0 Å². The fourth-order valence-electron chi connectivity index (χ4n) is 1.84. The summed E-state index contributed by atoms with van der Waals surface area (Å²) < 4.78 is 1.98. The summed E-state index contributed by atoms with van der Waals surface area (Å²) in [5.74, 6) is -1.21. The number of anilines is 2. The van der Waals surface area contributed by atoms with E-state index in [4.69, 9.17) is 5.11 Å². The molecule has 1 heterocycles. The SMILES string of the molecule is O=C(O)c1ccc(Nc2nc3ccc(Br)cc3s2)c(O)c1. The van der Waals surface area contributed by atoms with Gasteiger partial charge in [0.15, 0.2) is 5.13 Å². The average Bonchev–Trinajstić information content (AvgIpc) is 2.82. The van der Waals surface area contributed by atoms with Gasteiger partial charge in [-0.2, -0.15) is 0 Å². The van der Waals surface area contributed by atoms with Crippen LogP contribution in [0.25, 0.3) is 10.2 Å². The van der Waals surface area contributed by atoms with Gasteiger partial charge in [-0.25, -0.2) is 9.78 Å². The zero-order valence-corrected chi connectivity index (χ0v) is 12.9. The van der Waals surface area contributed by atoms with E-state index in [2.05, 4.69) is 26.2 Å². The lowest BCUT2D eigenvalue weighted by molar-refractivity contribution is 0.0696. The van der Waals surface area contributed by atoms with Crippen LogP contribution in [0.15, 0.2) is 40.9 Å². The molecule has 0 saturated heterocycles. The Bertz CT molecular complexity index is 847. The topological polar surface area (TPSA) is 82.5 Å². The van der Waals surface area contributed by atoms with Gasteiger partial charge in [0.25, 0.3) is 0 Å². The van der Waals surface area contributed by atoms with Crippen molar-refractivity contribution in [1.29, 1.82) is 0 Å². The molecule has 1 aromatic heterocycles. The number of phenolic OH excluding ortho intramolecular Hbond substituents is 1. The molecule has 0 unspecified atom stereocenters. The van der Waals surface area contributed by atoms with Gasteiger partial charge in [0, 0.05) is 4.47 Å². The van der Waals surface area contributed by atoms with E-state index in [0.717, 1.165) is 14.7 Å². The largest absolute Gasteiger partial charge is 0.506 e. The normalized spacial score (nSPS) is 10.7. The molecule has 3 aromatic rings. The lowest BCUT2D eigenvalue weighted by Gasteiger charge is -2.05. The maximum atomic E-state index is 10.8.